The van der Waals surface area contributed by atoms with Gasteiger partial charge in [-0.25, -0.2) is 4.98 Å². The first-order valence-corrected chi connectivity index (χ1v) is 10.7. The number of aromatic nitrogens is 1. The maximum absolute atomic E-state index is 12.4. The van der Waals surface area contributed by atoms with Crippen LogP contribution in [0.4, 0.5) is 5.69 Å². The molecule has 2 amide bonds. The molecule has 4 rings (SSSR count). The second-order valence-electron chi connectivity index (χ2n) is 8.03. The third-order valence-corrected chi connectivity index (χ3v) is 5.93. The van der Waals surface area contributed by atoms with Crippen molar-refractivity contribution in [3.8, 4) is 5.75 Å². The fourth-order valence-electron chi connectivity index (χ4n) is 4.18. The van der Waals surface area contributed by atoms with E-state index in [1.807, 2.05) is 24.3 Å². The number of carbonyl (C=O) groups excluding carboxylic acids is 2. The minimum Gasteiger partial charge on any atom is -0.482 e. The summed E-state index contributed by atoms with van der Waals surface area (Å²) >= 11 is 0. The Morgan fingerprint density at radius 3 is 3.07 bits per heavy atom. The first kappa shape index (κ1) is 20.4. The molecule has 2 aromatic rings. The van der Waals surface area contributed by atoms with Crippen molar-refractivity contribution >= 4 is 17.5 Å². The summed E-state index contributed by atoms with van der Waals surface area (Å²) in [6.45, 7) is 5.36. The van der Waals surface area contributed by atoms with Gasteiger partial charge in [-0.1, -0.05) is 12.1 Å². The van der Waals surface area contributed by atoms with E-state index in [0.717, 1.165) is 13.0 Å². The molecule has 1 unspecified atom stereocenters. The number of benzene rings is 1. The van der Waals surface area contributed by atoms with Crippen molar-refractivity contribution < 1.29 is 23.6 Å². The number of amides is 2. The van der Waals surface area contributed by atoms with Crippen LogP contribution < -0.4 is 19.9 Å². The van der Waals surface area contributed by atoms with Crippen molar-refractivity contribution in [3.05, 3.63) is 42.1 Å². The molecule has 1 saturated heterocycles. The molecular weight excluding hydrogens is 384 g/mol. The number of anilines is 1. The molecule has 0 radical (unpaired) electrons. The Hall–Kier alpha value is -2.87. The minimum atomic E-state index is -0.250. The fourth-order valence-corrected chi connectivity index (χ4v) is 4.18. The van der Waals surface area contributed by atoms with E-state index in [4.69, 9.17) is 9.15 Å². The summed E-state index contributed by atoms with van der Waals surface area (Å²) in [6.07, 6.45) is 6.20. The summed E-state index contributed by atoms with van der Waals surface area (Å²) in [7, 11) is 0. The number of nitrogens with one attached hydrogen (secondary N) is 2. The smallest absolute Gasteiger partial charge is 0.273 e. The average Bonchev–Trinajstić information content (AvgIpc) is 3.23. The molecule has 0 saturated carbocycles. The SMILES string of the molecule is C[C@H]1CCCC[NH+]1CCCNC(=O)c1coc(CN2C(=O)COc3ccccc32)n1. The number of fused-ring (bicyclic) bond motifs is 1. The van der Waals surface area contributed by atoms with Gasteiger partial charge in [0.2, 0.25) is 5.89 Å². The van der Waals surface area contributed by atoms with E-state index >= 15 is 0 Å². The monoisotopic (exact) mass is 413 g/mol. The quantitative estimate of drug-likeness (QED) is 0.666. The number of rotatable bonds is 7. The lowest BCUT2D eigenvalue weighted by Gasteiger charge is -2.30. The van der Waals surface area contributed by atoms with E-state index in [-0.39, 0.29) is 30.7 Å². The second kappa shape index (κ2) is 9.30. The number of oxazole rings is 1. The summed E-state index contributed by atoms with van der Waals surface area (Å²) in [5.74, 6) is 0.538. The molecule has 1 aromatic carbocycles. The number of quaternary nitrogens is 1. The highest BCUT2D eigenvalue weighted by molar-refractivity contribution is 5.97. The average molecular weight is 413 g/mol. The van der Waals surface area contributed by atoms with Crippen molar-refractivity contribution in [2.75, 3.05) is 31.1 Å². The summed E-state index contributed by atoms with van der Waals surface area (Å²) < 4.78 is 10.9. The molecule has 1 aromatic heterocycles. The highest BCUT2D eigenvalue weighted by Crippen LogP contribution is 2.32. The fraction of sp³-hybridized carbons (Fsp3) is 0.500. The molecule has 8 heteroatoms. The van der Waals surface area contributed by atoms with Crippen molar-refractivity contribution in [2.24, 2.45) is 0 Å². The zero-order chi connectivity index (χ0) is 20.9. The molecule has 0 aliphatic carbocycles. The molecule has 2 N–H and O–H groups in total. The van der Waals surface area contributed by atoms with Gasteiger partial charge in [0.1, 0.15) is 18.6 Å². The third-order valence-electron chi connectivity index (χ3n) is 5.93. The molecule has 30 heavy (non-hydrogen) atoms. The van der Waals surface area contributed by atoms with E-state index in [1.54, 1.807) is 9.80 Å². The number of hydrogen-bond donors (Lipinski definition) is 2. The van der Waals surface area contributed by atoms with Crippen LogP contribution >= 0.6 is 0 Å². The van der Waals surface area contributed by atoms with Crippen molar-refractivity contribution in [2.45, 2.75) is 45.2 Å². The third kappa shape index (κ3) is 4.64. The molecule has 2 aliphatic heterocycles. The van der Waals surface area contributed by atoms with Crippen molar-refractivity contribution in [1.29, 1.82) is 0 Å². The van der Waals surface area contributed by atoms with Gasteiger partial charge in [0.05, 0.1) is 24.8 Å². The van der Waals surface area contributed by atoms with Gasteiger partial charge in [-0.05, 0) is 38.3 Å². The maximum Gasteiger partial charge on any atom is 0.273 e. The number of para-hydroxylation sites is 2. The van der Waals surface area contributed by atoms with Crippen LogP contribution in [-0.2, 0) is 11.3 Å². The van der Waals surface area contributed by atoms with Gasteiger partial charge in [0.25, 0.3) is 11.8 Å². The van der Waals surface area contributed by atoms with Gasteiger partial charge < -0.3 is 19.4 Å². The van der Waals surface area contributed by atoms with Crippen LogP contribution in [0.25, 0.3) is 0 Å². The van der Waals surface area contributed by atoms with Crippen LogP contribution in [0, 0.1) is 0 Å². The number of nitrogens with zero attached hydrogens (tertiary/aromatic N) is 2. The van der Waals surface area contributed by atoms with Crippen LogP contribution in [0.2, 0.25) is 0 Å². The van der Waals surface area contributed by atoms with Crippen LogP contribution in [-0.4, -0.2) is 49.1 Å². The Morgan fingerprint density at radius 1 is 1.33 bits per heavy atom. The van der Waals surface area contributed by atoms with Gasteiger partial charge in [-0.15, -0.1) is 0 Å². The topological polar surface area (TPSA) is 89.1 Å². The number of ether oxygens (including phenoxy) is 1. The number of carbonyl (C=O) groups is 2. The molecule has 1 fully saturated rings. The number of hydrogen-bond acceptors (Lipinski definition) is 5. The highest BCUT2D eigenvalue weighted by atomic mass is 16.5. The Kier molecular flexibility index (Phi) is 6.32. The van der Waals surface area contributed by atoms with E-state index < -0.39 is 0 Å². The van der Waals surface area contributed by atoms with Gasteiger partial charge in [0.15, 0.2) is 12.3 Å². The Labute approximate surface area is 176 Å². The molecule has 2 atom stereocenters. The number of piperidine rings is 1. The zero-order valence-electron chi connectivity index (χ0n) is 17.4. The van der Waals surface area contributed by atoms with Gasteiger partial charge in [-0.3, -0.25) is 14.5 Å². The Bertz CT molecular complexity index is 897. The highest BCUT2D eigenvalue weighted by Gasteiger charge is 2.27. The van der Waals surface area contributed by atoms with Gasteiger partial charge >= 0.3 is 0 Å². The maximum atomic E-state index is 12.4. The van der Waals surface area contributed by atoms with E-state index in [0.29, 0.717) is 29.9 Å². The van der Waals surface area contributed by atoms with Crippen LogP contribution in [0.5, 0.6) is 5.75 Å². The van der Waals surface area contributed by atoms with Crippen LogP contribution in [0.15, 0.2) is 34.9 Å². The van der Waals surface area contributed by atoms with E-state index in [1.165, 1.54) is 32.1 Å². The summed E-state index contributed by atoms with van der Waals surface area (Å²) in [6, 6.07) is 8.03. The molecule has 160 valence electrons. The number of likely N-dealkylation sites (tertiary alicyclic amines) is 1. The molecule has 0 bridgehead atoms. The largest absolute Gasteiger partial charge is 0.482 e. The molecule has 8 nitrogen and oxygen atoms in total. The Morgan fingerprint density at radius 2 is 2.20 bits per heavy atom. The minimum absolute atomic E-state index is 0.0251. The summed E-state index contributed by atoms with van der Waals surface area (Å²) in [4.78, 5) is 32.1. The Balaban J connectivity index is 1.28. The van der Waals surface area contributed by atoms with Crippen molar-refractivity contribution in [3.63, 3.8) is 0 Å². The first-order chi connectivity index (χ1) is 14.6. The standard InChI is InChI=1S/C22H28N4O4/c1-16-7-4-5-11-25(16)12-6-10-23-22(28)17-14-30-20(24-17)13-26-18-8-2-3-9-19(18)29-15-21(26)27/h2-3,8-9,14,16H,4-7,10-13,15H2,1H3,(H,23,28)/p+1/t16-/m0/s1. The zero-order valence-corrected chi connectivity index (χ0v) is 17.4. The van der Waals surface area contributed by atoms with Gasteiger partial charge in [-0.2, -0.15) is 0 Å². The lowest BCUT2D eigenvalue weighted by Crippen LogP contribution is -3.16. The van der Waals surface area contributed by atoms with E-state index in [2.05, 4.69) is 17.2 Å². The second-order valence-corrected chi connectivity index (χ2v) is 8.03. The lowest BCUT2D eigenvalue weighted by molar-refractivity contribution is -0.928. The van der Waals surface area contributed by atoms with E-state index in [9.17, 15) is 9.59 Å². The normalized spacial score (nSPS) is 21.1. The first-order valence-electron chi connectivity index (χ1n) is 10.7. The molecule has 2 aliphatic rings. The molecule has 3 heterocycles. The van der Waals surface area contributed by atoms with Crippen LogP contribution in [0.3, 0.4) is 0 Å². The predicted molar refractivity (Wildman–Crippen MR) is 111 cm³/mol. The molecule has 0 spiro atoms. The van der Waals surface area contributed by atoms with Crippen LogP contribution in [0.1, 0.15) is 49.0 Å². The van der Waals surface area contributed by atoms with Gasteiger partial charge in [0, 0.05) is 13.0 Å². The van der Waals surface area contributed by atoms with Crippen molar-refractivity contribution in [1.82, 2.24) is 10.3 Å². The lowest BCUT2D eigenvalue weighted by atomic mass is 10.0. The predicted octanol–water partition coefficient (Wildman–Crippen LogP) is 1.18. The summed E-state index contributed by atoms with van der Waals surface area (Å²) in [5, 5.41) is 2.92. The summed E-state index contributed by atoms with van der Waals surface area (Å²) in [5.41, 5.74) is 0.907. The molecular formula is C22H29N4O4+.